The van der Waals surface area contributed by atoms with Gasteiger partial charge in [0, 0.05) is 38.4 Å². The predicted octanol–water partition coefficient (Wildman–Crippen LogP) is 1.07. The number of nitrogens with zero attached hydrogens (tertiary/aromatic N) is 4. The quantitative estimate of drug-likeness (QED) is 0.846. The van der Waals surface area contributed by atoms with Gasteiger partial charge in [-0.1, -0.05) is 0 Å². The van der Waals surface area contributed by atoms with Crippen molar-refractivity contribution >= 4 is 0 Å². The van der Waals surface area contributed by atoms with Gasteiger partial charge in [-0.05, 0) is 13.0 Å². The number of aromatic nitrogens is 4. The van der Waals surface area contributed by atoms with Gasteiger partial charge in [-0.3, -0.25) is 4.68 Å². The lowest BCUT2D eigenvalue weighted by molar-refractivity contribution is 0.460. The van der Waals surface area contributed by atoms with Gasteiger partial charge in [-0.15, -0.1) is 0 Å². The number of hydrogen-bond donors (Lipinski definition) is 1. The maximum Gasteiger partial charge on any atom is 0.215 e. The van der Waals surface area contributed by atoms with Crippen LogP contribution in [0.4, 0.5) is 4.39 Å². The van der Waals surface area contributed by atoms with E-state index in [-0.39, 0.29) is 5.95 Å². The third-order valence-corrected chi connectivity index (χ3v) is 2.53. The molecule has 2 rings (SSSR count). The zero-order valence-electron chi connectivity index (χ0n) is 10.0. The summed E-state index contributed by atoms with van der Waals surface area (Å²) in [6, 6.07) is 1.93. The topological polar surface area (TPSA) is 47.7 Å². The number of hydrogen-bond acceptors (Lipinski definition) is 3. The summed E-state index contributed by atoms with van der Waals surface area (Å²) in [5.41, 5.74) is 1.53. The molecule has 92 valence electrons. The van der Waals surface area contributed by atoms with Crippen molar-refractivity contribution in [2.24, 2.45) is 7.05 Å². The highest BCUT2D eigenvalue weighted by molar-refractivity contribution is 5.07. The molecule has 0 aromatic carbocycles. The van der Waals surface area contributed by atoms with Crippen molar-refractivity contribution in [3.8, 4) is 0 Å². The molecule has 0 saturated heterocycles. The van der Waals surface area contributed by atoms with E-state index < -0.39 is 0 Å². The van der Waals surface area contributed by atoms with E-state index in [9.17, 15) is 4.39 Å². The largest absolute Gasteiger partial charge is 0.307 e. The van der Waals surface area contributed by atoms with Gasteiger partial charge < -0.3 is 5.32 Å². The number of aryl methyl sites for hydroxylation is 2. The monoisotopic (exact) mass is 237 g/mol. The van der Waals surface area contributed by atoms with Crippen LogP contribution < -0.4 is 5.32 Å². The minimum absolute atomic E-state index is 0.263. The van der Waals surface area contributed by atoms with Gasteiger partial charge in [0.25, 0.3) is 0 Å². The summed E-state index contributed by atoms with van der Waals surface area (Å²) in [6.45, 7) is 3.49. The van der Waals surface area contributed by atoms with E-state index in [4.69, 9.17) is 0 Å². The van der Waals surface area contributed by atoms with Crippen molar-refractivity contribution in [2.45, 2.75) is 26.6 Å². The summed E-state index contributed by atoms with van der Waals surface area (Å²) in [7, 11) is 1.87. The summed E-state index contributed by atoms with van der Waals surface area (Å²) in [6.07, 6.45) is 3.44. The van der Waals surface area contributed by atoms with Crippen LogP contribution in [0.2, 0.25) is 0 Å². The van der Waals surface area contributed by atoms with Crippen molar-refractivity contribution < 1.29 is 4.39 Å². The van der Waals surface area contributed by atoms with Crippen LogP contribution in [0.5, 0.6) is 0 Å². The van der Waals surface area contributed by atoms with Crippen LogP contribution in [-0.4, -0.2) is 19.6 Å². The highest BCUT2D eigenvalue weighted by Gasteiger charge is 2.08. The Balaban J connectivity index is 1.87. The van der Waals surface area contributed by atoms with Gasteiger partial charge in [-0.2, -0.15) is 14.6 Å². The lowest BCUT2D eigenvalue weighted by Gasteiger charge is -2.01. The second-order valence-electron chi connectivity index (χ2n) is 3.86. The zero-order valence-corrected chi connectivity index (χ0v) is 10.0. The molecule has 2 aromatic rings. The van der Waals surface area contributed by atoms with E-state index in [0.717, 1.165) is 5.69 Å². The molecule has 0 radical (unpaired) electrons. The fraction of sp³-hybridized carbons (Fsp3) is 0.455. The second-order valence-corrected chi connectivity index (χ2v) is 3.86. The lowest BCUT2D eigenvalue weighted by Crippen LogP contribution is -2.14. The Labute approximate surface area is 99.2 Å². The Morgan fingerprint density at radius 2 is 2.24 bits per heavy atom. The minimum Gasteiger partial charge on any atom is -0.307 e. The van der Waals surface area contributed by atoms with Gasteiger partial charge >= 0.3 is 0 Å². The molecule has 0 bridgehead atoms. The summed E-state index contributed by atoms with van der Waals surface area (Å²) >= 11 is 0. The van der Waals surface area contributed by atoms with Gasteiger partial charge in [0.15, 0.2) is 0 Å². The Kier molecular flexibility index (Phi) is 3.53. The normalized spacial score (nSPS) is 11.0. The SMILES string of the molecule is CCn1ncc(CNCc2ccn(C)n2)c1F. The lowest BCUT2D eigenvalue weighted by atomic mass is 10.3. The average molecular weight is 237 g/mol. The van der Waals surface area contributed by atoms with Crippen LogP contribution >= 0.6 is 0 Å². The van der Waals surface area contributed by atoms with E-state index >= 15 is 0 Å². The van der Waals surface area contributed by atoms with Crippen molar-refractivity contribution in [2.75, 3.05) is 0 Å². The molecule has 1 N–H and O–H groups in total. The summed E-state index contributed by atoms with van der Waals surface area (Å²) in [5.74, 6) is -0.263. The molecule has 0 spiro atoms. The Bertz CT molecular complexity index is 488. The maximum atomic E-state index is 13.6. The Hall–Kier alpha value is -1.69. The van der Waals surface area contributed by atoms with Crippen LogP contribution in [0.25, 0.3) is 0 Å². The third-order valence-electron chi connectivity index (χ3n) is 2.53. The van der Waals surface area contributed by atoms with Crippen LogP contribution in [-0.2, 0) is 26.7 Å². The molecular weight excluding hydrogens is 221 g/mol. The van der Waals surface area contributed by atoms with E-state index in [2.05, 4.69) is 15.5 Å². The first-order valence-corrected chi connectivity index (χ1v) is 5.60. The maximum absolute atomic E-state index is 13.6. The molecule has 0 aliphatic rings. The molecule has 17 heavy (non-hydrogen) atoms. The van der Waals surface area contributed by atoms with Crippen LogP contribution in [0.3, 0.4) is 0 Å². The third kappa shape index (κ3) is 2.71. The second kappa shape index (κ2) is 5.09. The molecule has 0 aliphatic heterocycles. The summed E-state index contributed by atoms with van der Waals surface area (Å²) in [5, 5.41) is 11.3. The number of nitrogens with one attached hydrogen (secondary N) is 1. The molecule has 0 unspecified atom stereocenters. The van der Waals surface area contributed by atoms with Gasteiger partial charge in [-0.25, -0.2) is 4.68 Å². The molecular formula is C11H16FN5. The van der Waals surface area contributed by atoms with Crippen LogP contribution in [0.15, 0.2) is 18.5 Å². The molecule has 0 aliphatic carbocycles. The predicted molar refractivity (Wildman–Crippen MR) is 61.6 cm³/mol. The smallest absolute Gasteiger partial charge is 0.215 e. The first-order chi connectivity index (χ1) is 8.20. The zero-order chi connectivity index (χ0) is 12.3. The molecule has 2 aromatic heterocycles. The van der Waals surface area contributed by atoms with Crippen molar-refractivity contribution in [3.05, 3.63) is 35.7 Å². The molecule has 0 atom stereocenters. The van der Waals surface area contributed by atoms with Crippen LogP contribution in [0, 0.1) is 5.95 Å². The number of halogens is 1. The molecule has 6 heteroatoms. The van der Waals surface area contributed by atoms with E-state index in [1.165, 1.54) is 4.68 Å². The molecule has 0 saturated carbocycles. The first kappa shape index (κ1) is 11.8. The van der Waals surface area contributed by atoms with E-state index in [0.29, 0.717) is 25.2 Å². The van der Waals surface area contributed by atoms with Crippen LogP contribution in [0.1, 0.15) is 18.2 Å². The van der Waals surface area contributed by atoms with Crippen molar-refractivity contribution in [1.29, 1.82) is 0 Å². The van der Waals surface area contributed by atoms with Gasteiger partial charge in [0.1, 0.15) is 0 Å². The Morgan fingerprint density at radius 3 is 2.82 bits per heavy atom. The highest BCUT2D eigenvalue weighted by Crippen LogP contribution is 2.06. The van der Waals surface area contributed by atoms with E-state index in [1.807, 2.05) is 26.2 Å². The molecule has 5 nitrogen and oxygen atoms in total. The average Bonchev–Trinajstić information content (AvgIpc) is 2.87. The number of rotatable bonds is 5. The highest BCUT2D eigenvalue weighted by atomic mass is 19.1. The molecule has 0 amide bonds. The Morgan fingerprint density at radius 1 is 1.41 bits per heavy atom. The minimum atomic E-state index is -0.263. The first-order valence-electron chi connectivity index (χ1n) is 5.60. The fourth-order valence-electron chi connectivity index (χ4n) is 1.63. The summed E-state index contributed by atoms with van der Waals surface area (Å²) < 4.78 is 16.7. The van der Waals surface area contributed by atoms with Gasteiger partial charge in [0.05, 0.1) is 11.9 Å². The summed E-state index contributed by atoms with van der Waals surface area (Å²) in [4.78, 5) is 0. The van der Waals surface area contributed by atoms with Gasteiger partial charge in [0.2, 0.25) is 5.95 Å². The molecule has 2 heterocycles. The van der Waals surface area contributed by atoms with Crippen molar-refractivity contribution in [3.63, 3.8) is 0 Å². The van der Waals surface area contributed by atoms with Crippen molar-refractivity contribution in [1.82, 2.24) is 24.9 Å². The van der Waals surface area contributed by atoms with E-state index in [1.54, 1.807) is 10.9 Å². The fourth-order valence-corrected chi connectivity index (χ4v) is 1.63. The molecule has 0 fully saturated rings. The standard InChI is InChI=1S/C11H16FN5/c1-3-17-11(12)9(7-14-17)6-13-8-10-4-5-16(2)15-10/h4-5,7,13H,3,6,8H2,1-2H3.